The second kappa shape index (κ2) is 8.35. The van der Waals surface area contributed by atoms with E-state index in [-0.39, 0.29) is 5.75 Å². The largest absolute Gasteiger partial charge is 0.316 e. The van der Waals surface area contributed by atoms with Gasteiger partial charge in [-0.3, -0.25) is 0 Å². The minimum Gasteiger partial charge on any atom is -0.316 e. The minimum absolute atomic E-state index is 0.266. The Morgan fingerprint density at radius 3 is 2.40 bits per heavy atom. The molecule has 0 aromatic rings. The molecule has 0 spiro atoms. The van der Waals surface area contributed by atoms with Gasteiger partial charge in [0.1, 0.15) is 9.84 Å². The number of sulfone groups is 1. The molecule has 120 valence electrons. The van der Waals surface area contributed by atoms with Gasteiger partial charge in [0.2, 0.25) is 0 Å². The Hall–Kier alpha value is -0.130. The highest BCUT2D eigenvalue weighted by atomic mass is 32.2. The van der Waals surface area contributed by atoms with Crippen LogP contribution in [-0.2, 0) is 9.84 Å². The lowest BCUT2D eigenvalue weighted by atomic mass is 9.73. The normalized spacial score (nSPS) is 19.4. The molecule has 1 aliphatic carbocycles. The summed E-state index contributed by atoms with van der Waals surface area (Å²) in [5, 5.41) is 3.58. The minimum atomic E-state index is -2.86. The van der Waals surface area contributed by atoms with Crippen LogP contribution in [0.5, 0.6) is 0 Å². The third-order valence-electron chi connectivity index (χ3n) is 4.29. The molecule has 0 aromatic carbocycles. The highest BCUT2D eigenvalue weighted by molar-refractivity contribution is 7.90. The molecule has 20 heavy (non-hydrogen) atoms. The summed E-state index contributed by atoms with van der Waals surface area (Å²) in [7, 11) is -0.801. The second-order valence-electron chi connectivity index (χ2n) is 6.61. The monoisotopic (exact) mass is 304 g/mol. The van der Waals surface area contributed by atoms with E-state index >= 15 is 0 Å². The maximum atomic E-state index is 11.3. The van der Waals surface area contributed by atoms with Crippen molar-refractivity contribution in [3.05, 3.63) is 0 Å². The molecule has 1 saturated carbocycles. The van der Waals surface area contributed by atoms with Crippen LogP contribution in [0.2, 0.25) is 0 Å². The van der Waals surface area contributed by atoms with Crippen molar-refractivity contribution < 1.29 is 8.42 Å². The van der Waals surface area contributed by atoms with Crippen molar-refractivity contribution >= 4 is 9.84 Å². The first-order valence-corrected chi connectivity index (χ1v) is 10.00. The number of hydrogen-bond acceptors (Lipinski definition) is 4. The Bertz CT molecular complexity index is 362. The summed E-state index contributed by atoms with van der Waals surface area (Å²) in [5.41, 5.74) is 0.347. The van der Waals surface area contributed by atoms with E-state index in [0.717, 1.165) is 19.6 Å². The van der Waals surface area contributed by atoms with Gasteiger partial charge in [0, 0.05) is 25.9 Å². The predicted octanol–water partition coefficient (Wildman–Crippen LogP) is 1.91. The Balaban J connectivity index is 2.50. The first-order valence-electron chi connectivity index (χ1n) is 7.94. The summed E-state index contributed by atoms with van der Waals surface area (Å²) in [5.74, 6) is 0.266. The molecule has 0 saturated heterocycles. The zero-order chi connectivity index (χ0) is 15.1. The van der Waals surface area contributed by atoms with E-state index in [0.29, 0.717) is 12.0 Å². The molecule has 0 bridgehead atoms. The first-order chi connectivity index (χ1) is 9.37. The van der Waals surface area contributed by atoms with Crippen LogP contribution < -0.4 is 5.32 Å². The van der Waals surface area contributed by atoms with Gasteiger partial charge in [-0.15, -0.1) is 0 Å². The quantitative estimate of drug-likeness (QED) is 0.661. The van der Waals surface area contributed by atoms with Gasteiger partial charge in [0.05, 0.1) is 5.75 Å². The van der Waals surface area contributed by atoms with E-state index < -0.39 is 9.84 Å². The van der Waals surface area contributed by atoms with Gasteiger partial charge >= 0.3 is 0 Å². The van der Waals surface area contributed by atoms with Crippen molar-refractivity contribution in [3.63, 3.8) is 0 Å². The molecule has 0 aromatic heterocycles. The number of rotatable bonds is 9. The van der Waals surface area contributed by atoms with Crippen molar-refractivity contribution in [1.29, 1.82) is 0 Å². The molecule has 0 amide bonds. The van der Waals surface area contributed by atoms with Crippen molar-refractivity contribution in [2.75, 3.05) is 45.2 Å². The highest BCUT2D eigenvalue weighted by Gasteiger charge is 2.32. The summed E-state index contributed by atoms with van der Waals surface area (Å²) < 4.78 is 22.6. The van der Waals surface area contributed by atoms with E-state index in [4.69, 9.17) is 0 Å². The van der Waals surface area contributed by atoms with E-state index in [1.54, 1.807) is 0 Å². The van der Waals surface area contributed by atoms with Crippen LogP contribution in [0, 0.1) is 5.41 Å². The lowest BCUT2D eigenvalue weighted by Gasteiger charge is -2.40. The predicted molar refractivity (Wildman–Crippen MR) is 85.9 cm³/mol. The molecule has 0 aliphatic heterocycles. The number of nitrogens with one attached hydrogen (secondary N) is 1. The molecule has 4 nitrogen and oxygen atoms in total. The van der Waals surface area contributed by atoms with Gasteiger partial charge in [0.15, 0.2) is 0 Å². The molecule has 0 radical (unpaired) electrons. The topological polar surface area (TPSA) is 49.4 Å². The van der Waals surface area contributed by atoms with Crippen LogP contribution >= 0.6 is 0 Å². The van der Waals surface area contributed by atoms with E-state index in [2.05, 4.69) is 24.2 Å². The van der Waals surface area contributed by atoms with Crippen LogP contribution in [-0.4, -0.2) is 58.6 Å². The maximum absolute atomic E-state index is 11.3. The summed E-state index contributed by atoms with van der Waals surface area (Å²) in [6.07, 6.45) is 9.00. The van der Waals surface area contributed by atoms with Crippen molar-refractivity contribution in [2.45, 2.75) is 45.4 Å². The molecule has 1 rings (SSSR count). The lowest BCUT2D eigenvalue weighted by molar-refractivity contribution is 0.121. The van der Waals surface area contributed by atoms with E-state index in [9.17, 15) is 8.42 Å². The Morgan fingerprint density at radius 2 is 1.85 bits per heavy atom. The zero-order valence-corrected chi connectivity index (χ0v) is 14.3. The summed E-state index contributed by atoms with van der Waals surface area (Å²) in [4.78, 5) is 2.21. The fourth-order valence-corrected chi connectivity index (χ4v) is 3.84. The molecule has 0 atom stereocenters. The highest BCUT2D eigenvalue weighted by Crippen LogP contribution is 2.36. The molecule has 1 N–H and O–H groups in total. The van der Waals surface area contributed by atoms with Gasteiger partial charge < -0.3 is 10.2 Å². The second-order valence-corrected chi connectivity index (χ2v) is 8.86. The first kappa shape index (κ1) is 17.9. The van der Waals surface area contributed by atoms with Crippen molar-refractivity contribution in [2.24, 2.45) is 5.41 Å². The smallest absolute Gasteiger partial charge is 0.148 e. The third kappa shape index (κ3) is 7.04. The van der Waals surface area contributed by atoms with Crippen molar-refractivity contribution in [3.8, 4) is 0 Å². The van der Waals surface area contributed by atoms with Crippen molar-refractivity contribution in [1.82, 2.24) is 10.2 Å². The van der Waals surface area contributed by atoms with Crippen LogP contribution in [0.15, 0.2) is 0 Å². The van der Waals surface area contributed by atoms with Gasteiger partial charge in [-0.2, -0.15) is 0 Å². The van der Waals surface area contributed by atoms with E-state index in [1.807, 2.05) is 0 Å². The third-order valence-corrected chi connectivity index (χ3v) is 5.21. The van der Waals surface area contributed by atoms with Crippen LogP contribution in [0.1, 0.15) is 45.4 Å². The molecule has 1 aliphatic rings. The van der Waals surface area contributed by atoms with Gasteiger partial charge in [-0.25, -0.2) is 8.42 Å². The fourth-order valence-electron chi connectivity index (χ4n) is 3.20. The zero-order valence-electron chi connectivity index (χ0n) is 13.5. The fraction of sp³-hybridized carbons (Fsp3) is 1.00. The molecular weight excluding hydrogens is 272 g/mol. The summed E-state index contributed by atoms with van der Waals surface area (Å²) in [6, 6.07) is 0. The standard InChI is InChI=1S/C15H32N2O2S/c1-4-10-16-13-15(8-6-5-7-9-15)14-17(2)11-12-20(3,18)19/h16H,4-14H2,1-3H3. The summed E-state index contributed by atoms with van der Waals surface area (Å²) >= 11 is 0. The molecule has 1 fully saturated rings. The SMILES string of the molecule is CCCNCC1(CN(C)CCS(C)(=O)=O)CCCCC1. The molecule has 5 heteroatoms. The van der Waals surface area contributed by atoms with E-state index in [1.165, 1.54) is 44.8 Å². The molecule has 0 unspecified atom stereocenters. The summed E-state index contributed by atoms with van der Waals surface area (Å²) in [6.45, 7) is 6.01. The van der Waals surface area contributed by atoms with Gasteiger partial charge in [0.25, 0.3) is 0 Å². The Kier molecular flexibility index (Phi) is 7.48. The molecular formula is C15H32N2O2S. The molecule has 0 heterocycles. The van der Waals surface area contributed by atoms with Crippen LogP contribution in [0.25, 0.3) is 0 Å². The average molecular weight is 305 g/mol. The maximum Gasteiger partial charge on any atom is 0.148 e. The Labute approximate surface area is 125 Å². The number of nitrogens with zero attached hydrogens (tertiary/aromatic N) is 1. The number of hydrogen-bond donors (Lipinski definition) is 1. The average Bonchev–Trinajstić information content (AvgIpc) is 2.37. The van der Waals surface area contributed by atoms with Gasteiger partial charge in [-0.05, 0) is 38.3 Å². The lowest BCUT2D eigenvalue weighted by Crippen LogP contribution is -2.45. The Morgan fingerprint density at radius 1 is 1.20 bits per heavy atom. The van der Waals surface area contributed by atoms with Crippen LogP contribution in [0.3, 0.4) is 0 Å². The van der Waals surface area contributed by atoms with Crippen LogP contribution in [0.4, 0.5) is 0 Å². The van der Waals surface area contributed by atoms with Gasteiger partial charge in [-0.1, -0.05) is 26.2 Å².